The van der Waals surface area contributed by atoms with Crippen molar-refractivity contribution >= 4 is 5.91 Å². The standard InChI is InChI=1S/C14H23F3N2O/c15-14(16,17)11-6-2-3-7-12(11)18-10-13(20)19-8-4-1-5-9-19/h11-12,18H,1-10H2. The molecule has 0 radical (unpaired) electrons. The molecule has 1 amide bonds. The number of likely N-dealkylation sites (tertiary alicyclic amines) is 1. The third-order valence-electron chi connectivity index (χ3n) is 4.41. The molecule has 3 nitrogen and oxygen atoms in total. The molecular weight excluding hydrogens is 269 g/mol. The van der Waals surface area contributed by atoms with Crippen LogP contribution in [-0.4, -0.2) is 42.7 Å². The van der Waals surface area contributed by atoms with Crippen molar-refractivity contribution < 1.29 is 18.0 Å². The van der Waals surface area contributed by atoms with Gasteiger partial charge < -0.3 is 10.2 Å². The van der Waals surface area contributed by atoms with E-state index < -0.39 is 18.1 Å². The van der Waals surface area contributed by atoms with Crippen LogP contribution < -0.4 is 5.32 Å². The molecule has 2 rings (SSSR count). The molecule has 0 aromatic rings. The first kappa shape index (κ1) is 15.6. The molecule has 1 saturated heterocycles. The van der Waals surface area contributed by atoms with E-state index in [0.717, 1.165) is 38.8 Å². The predicted octanol–water partition coefficient (Wildman–Crippen LogP) is 2.71. The molecule has 2 fully saturated rings. The van der Waals surface area contributed by atoms with Crippen molar-refractivity contribution in [2.45, 2.75) is 57.2 Å². The summed E-state index contributed by atoms with van der Waals surface area (Å²) >= 11 is 0. The van der Waals surface area contributed by atoms with E-state index in [-0.39, 0.29) is 18.9 Å². The lowest BCUT2D eigenvalue weighted by molar-refractivity contribution is -0.189. The van der Waals surface area contributed by atoms with Crippen molar-refractivity contribution in [2.24, 2.45) is 5.92 Å². The van der Waals surface area contributed by atoms with Gasteiger partial charge in [-0.25, -0.2) is 0 Å². The van der Waals surface area contributed by atoms with Gasteiger partial charge in [-0.05, 0) is 32.1 Å². The summed E-state index contributed by atoms with van der Waals surface area (Å²) in [6.45, 7) is 1.53. The van der Waals surface area contributed by atoms with Crippen LogP contribution in [0.1, 0.15) is 44.9 Å². The minimum atomic E-state index is -4.16. The number of carbonyl (C=O) groups excluding carboxylic acids is 1. The average molecular weight is 292 g/mol. The Bertz CT molecular complexity index is 327. The Labute approximate surface area is 117 Å². The Morgan fingerprint density at radius 2 is 1.70 bits per heavy atom. The molecule has 1 N–H and O–H groups in total. The van der Waals surface area contributed by atoms with Gasteiger partial charge in [0, 0.05) is 19.1 Å². The Hall–Kier alpha value is -0.780. The van der Waals surface area contributed by atoms with E-state index in [0.29, 0.717) is 12.8 Å². The van der Waals surface area contributed by atoms with Crippen molar-refractivity contribution in [3.05, 3.63) is 0 Å². The Kier molecular flexibility index (Phi) is 5.29. The fraction of sp³-hybridized carbons (Fsp3) is 0.929. The van der Waals surface area contributed by atoms with E-state index in [1.165, 1.54) is 0 Å². The minimum absolute atomic E-state index is 0.0389. The highest BCUT2D eigenvalue weighted by Crippen LogP contribution is 2.37. The molecular formula is C14H23F3N2O. The van der Waals surface area contributed by atoms with E-state index >= 15 is 0 Å². The van der Waals surface area contributed by atoms with Crippen LogP contribution in [0.2, 0.25) is 0 Å². The molecule has 0 aromatic carbocycles. The first-order chi connectivity index (χ1) is 9.48. The fourth-order valence-corrected chi connectivity index (χ4v) is 3.24. The summed E-state index contributed by atoms with van der Waals surface area (Å²) in [6, 6.07) is -0.600. The largest absolute Gasteiger partial charge is 0.393 e. The molecule has 1 aliphatic carbocycles. The fourth-order valence-electron chi connectivity index (χ4n) is 3.24. The Balaban J connectivity index is 1.83. The van der Waals surface area contributed by atoms with Gasteiger partial charge in [0.1, 0.15) is 0 Å². The third kappa shape index (κ3) is 4.11. The number of carbonyl (C=O) groups is 1. The Morgan fingerprint density at radius 3 is 2.35 bits per heavy atom. The Morgan fingerprint density at radius 1 is 1.05 bits per heavy atom. The first-order valence-corrected chi connectivity index (χ1v) is 7.56. The van der Waals surface area contributed by atoms with Crippen molar-refractivity contribution in [1.29, 1.82) is 0 Å². The second-order valence-corrected chi connectivity index (χ2v) is 5.86. The SMILES string of the molecule is O=C(CNC1CCCCC1C(F)(F)F)N1CCCCC1. The molecule has 0 aromatic heterocycles. The summed E-state index contributed by atoms with van der Waals surface area (Å²) in [5.74, 6) is -1.36. The van der Waals surface area contributed by atoms with Crippen molar-refractivity contribution in [2.75, 3.05) is 19.6 Å². The molecule has 1 aliphatic heterocycles. The summed E-state index contributed by atoms with van der Waals surface area (Å²) in [5, 5.41) is 2.86. The van der Waals surface area contributed by atoms with Gasteiger partial charge in [0.25, 0.3) is 0 Å². The maximum atomic E-state index is 12.9. The lowest BCUT2D eigenvalue weighted by atomic mass is 9.84. The number of halogens is 3. The zero-order valence-electron chi connectivity index (χ0n) is 11.7. The van der Waals surface area contributed by atoms with Crippen molar-refractivity contribution in [3.8, 4) is 0 Å². The summed E-state index contributed by atoms with van der Waals surface area (Å²) in [7, 11) is 0. The van der Waals surface area contributed by atoms with E-state index in [1.54, 1.807) is 4.90 Å². The lowest BCUT2D eigenvalue weighted by Gasteiger charge is -2.34. The van der Waals surface area contributed by atoms with Crippen LogP contribution in [0, 0.1) is 5.92 Å². The molecule has 2 unspecified atom stereocenters. The predicted molar refractivity (Wildman–Crippen MR) is 70.2 cm³/mol. The number of amides is 1. The molecule has 1 heterocycles. The van der Waals surface area contributed by atoms with Crippen molar-refractivity contribution in [1.82, 2.24) is 10.2 Å². The molecule has 116 valence electrons. The smallest absolute Gasteiger partial charge is 0.342 e. The van der Waals surface area contributed by atoms with Crippen LogP contribution in [0.4, 0.5) is 13.2 Å². The van der Waals surface area contributed by atoms with Crippen LogP contribution >= 0.6 is 0 Å². The number of alkyl halides is 3. The number of nitrogens with zero attached hydrogens (tertiary/aromatic N) is 1. The topological polar surface area (TPSA) is 32.3 Å². The third-order valence-corrected chi connectivity index (χ3v) is 4.41. The van der Waals surface area contributed by atoms with Gasteiger partial charge in [0.05, 0.1) is 12.5 Å². The maximum Gasteiger partial charge on any atom is 0.393 e. The average Bonchev–Trinajstić information content (AvgIpc) is 2.45. The van der Waals surface area contributed by atoms with Crippen LogP contribution in [-0.2, 0) is 4.79 Å². The molecule has 1 saturated carbocycles. The van der Waals surface area contributed by atoms with E-state index in [9.17, 15) is 18.0 Å². The first-order valence-electron chi connectivity index (χ1n) is 7.56. The van der Waals surface area contributed by atoms with Gasteiger partial charge in [0.15, 0.2) is 0 Å². The highest BCUT2D eigenvalue weighted by atomic mass is 19.4. The van der Waals surface area contributed by atoms with Gasteiger partial charge in [-0.3, -0.25) is 4.79 Å². The van der Waals surface area contributed by atoms with Crippen LogP contribution in [0.15, 0.2) is 0 Å². The number of nitrogens with one attached hydrogen (secondary N) is 1. The number of piperidine rings is 1. The van der Waals surface area contributed by atoms with Crippen LogP contribution in [0.25, 0.3) is 0 Å². The number of hydrogen-bond donors (Lipinski definition) is 1. The van der Waals surface area contributed by atoms with Gasteiger partial charge in [0.2, 0.25) is 5.91 Å². The van der Waals surface area contributed by atoms with Gasteiger partial charge in [-0.15, -0.1) is 0 Å². The second-order valence-electron chi connectivity index (χ2n) is 5.86. The van der Waals surface area contributed by atoms with E-state index in [2.05, 4.69) is 5.32 Å². The normalized spacial score (nSPS) is 28.4. The van der Waals surface area contributed by atoms with Gasteiger partial charge in [-0.1, -0.05) is 12.8 Å². The van der Waals surface area contributed by atoms with E-state index in [1.807, 2.05) is 0 Å². The minimum Gasteiger partial charge on any atom is -0.342 e. The number of rotatable bonds is 3. The zero-order valence-corrected chi connectivity index (χ0v) is 11.7. The molecule has 2 atom stereocenters. The molecule has 20 heavy (non-hydrogen) atoms. The molecule has 0 bridgehead atoms. The maximum absolute atomic E-state index is 12.9. The van der Waals surface area contributed by atoms with E-state index in [4.69, 9.17) is 0 Å². The highest BCUT2D eigenvalue weighted by Gasteiger charge is 2.45. The van der Waals surface area contributed by atoms with Gasteiger partial charge >= 0.3 is 6.18 Å². The quantitative estimate of drug-likeness (QED) is 0.867. The molecule has 6 heteroatoms. The number of hydrogen-bond acceptors (Lipinski definition) is 2. The van der Waals surface area contributed by atoms with Crippen molar-refractivity contribution in [3.63, 3.8) is 0 Å². The second kappa shape index (κ2) is 6.78. The summed E-state index contributed by atoms with van der Waals surface area (Å²) in [5.41, 5.74) is 0. The molecule has 2 aliphatic rings. The summed E-state index contributed by atoms with van der Waals surface area (Å²) in [6.07, 6.45) is 1.10. The van der Waals surface area contributed by atoms with Gasteiger partial charge in [-0.2, -0.15) is 13.2 Å². The summed E-state index contributed by atoms with van der Waals surface area (Å²) in [4.78, 5) is 13.7. The van der Waals surface area contributed by atoms with Crippen LogP contribution in [0.5, 0.6) is 0 Å². The monoisotopic (exact) mass is 292 g/mol. The molecule has 0 spiro atoms. The highest BCUT2D eigenvalue weighted by molar-refractivity contribution is 5.78. The zero-order chi connectivity index (χ0) is 14.6. The lowest BCUT2D eigenvalue weighted by Crippen LogP contribution is -2.49. The van der Waals surface area contributed by atoms with Crippen LogP contribution in [0.3, 0.4) is 0 Å². The summed E-state index contributed by atoms with van der Waals surface area (Å²) < 4.78 is 38.8.